The Morgan fingerprint density at radius 3 is 2.53 bits per heavy atom. The second-order valence-electron chi connectivity index (χ2n) is 10.7. The Morgan fingerprint density at radius 2 is 1.86 bits per heavy atom. The number of anilines is 1. The van der Waals surface area contributed by atoms with Crippen molar-refractivity contribution < 1.29 is 17.9 Å². The minimum atomic E-state index is -3.03. The van der Waals surface area contributed by atoms with Crippen LogP contribution in [0.3, 0.4) is 0 Å². The van der Waals surface area contributed by atoms with Gasteiger partial charge in [0.1, 0.15) is 15.6 Å². The van der Waals surface area contributed by atoms with Crippen LogP contribution >= 0.6 is 0 Å². The zero-order valence-corrected chi connectivity index (χ0v) is 22.2. The van der Waals surface area contributed by atoms with Crippen LogP contribution in [-0.2, 0) is 16.4 Å². The maximum atomic E-state index is 12.8. The van der Waals surface area contributed by atoms with E-state index < -0.39 is 9.84 Å². The van der Waals surface area contributed by atoms with Crippen LogP contribution in [-0.4, -0.2) is 44.5 Å². The van der Waals surface area contributed by atoms with Gasteiger partial charge in [0.05, 0.1) is 17.9 Å². The SMILES string of the molecule is Cc1c(NC(=O)c2ccc(OCC3CC3)cc2)ccc2cc(CNCC(C)(C)CS(C)(=O)=O)cnc12. The number of nitrogens with zero attached hydrogens (tertiary/aromatic N) is 1. The van der Waals surface area contributed by atoms with Gasteiger partial charge in [-0.1, -0.05) is 19.9 Å². The van der Waals surface area contributed by atoms with Gasteiger partial charge in [-0.2, -0.15) is 0 Å². The summed E-state index contributed by atoms with van der Waals surface area (Å²) >= 11 is 0. The van der Waals surface area contributed by atoms with E-state index in [1.165, 1.54) is 19.1 Å². The number of nitrogens with one attached hydrogen (secondary N) is 2. The molecule has 0 aliphatic heterocycles. The topological polar surface area (TPSA) is 97.4 Å². The third-order valence-corrected chi connectivity index (χ3v) is 7.60. The Balaban J connectivity index is 1.37. The van der Waals surface area contributed by atoms with Gasteiger partial charge in [0, 0.05) is 42.2 Å². The van der Waals surface area contributed by atoms with Crippen molar-refractivity contribution in [2.45, 2.75) is 40.2 Å². The standard InChI is InChI=1S/C28H35N3O4S/c1-19-25(31-27(32)22-7-10-24(11-8-22)35-16-20-5-6-20)12-9-23-13-21(15-30-26(19)23)14-29-17-28(2,3)18-36(4,33)34/h7-13,15,20,29H,5-6,14,16-18H2,1-4H3,(H,31,32). The van der Waals surface area contributed by atoms with Gasteiger partial charge in [-0.15, -0.1) is 0 Å². The molecule has 36 heavy (non-hydrogen) atoms. The molecule has 192 valence electrons. The number of fused-ring (bicyclic) bond motifs is 1. The smallest absolute Gasteiger partial charge is 0.255 e. The lowest BCUT2D eigenvalue weighted by molar-refractivity contribution is 0.102. The summed E-state index contributed by atoms with van der Waals surface area (Å²) < 4.78 is 29.0. The first kappa shape index (κ1) is 26.1. The lowest BCUT2D eigenvalue weighted by atomic mass is 9.96. The maximum Gasteiger partial charge on any atom is 0.255 e. The van der Waals surface area contributed by atoms with Gasteiger partial charge in [0.25, 0.3) is 5.91 Å². The first-order chi connectivity index (χ1) is 17.0. The highest BCUT2D eigenvalue weighted by Crippen LogP contribution is 2.30. The normalized spacial score (nSPS) is 14.1. The van der Waals surface area contributed by atoms with Crippen molar-refractivity contribution in [3.05, 3.63) is 65.4 Å². The van der Waals surface area contributed by atoms with E-state index in [4.69, 9.17) is 4.74 Å². The minimum Gasteiger partial charge on any atom is -0.493 e. The Bertz CT molecular complexity index is 1350. The van der Waals surface area contributed by atoms with Crippen LogP contribution in [0.25, 0.3) is 10.9 Å². The van der Waals surface area contributed by atoms with Crippen LogP contribution in [0.15, 0.2) is 48.7 Å². The van der Waals surface area contributed by atoms with Gasteiger partial charge in [-0.05, 0) is 78.6 Å². The molecule has 0 unspecified atom stereocenters. The number of amides is 1. The average Bonchev–Trinajstić information content (AvgIpc) is 3.63. The molecule has 0 atom stereocenters. The Hall–Kier alpha value is -2.97. The molecule has 0 spiro atoms. The number of rotatable bonds is 11. The van der Waals surface area contributed by atoms with Crippen molar-refractivity contribution in [3.63, 3.8) is 0 Å². The average molecular weight is 510 g/mol. The number of carbonyl (C=O) groups is 1. The molecule has 0 bridgehead atoms. The molecule has 2 N–H and O–H groups in total. The molecule has 1 aliphatic carbocycles. The largest absolute Gasteiger partial charge is 0.493 e. The molecular formula is C28H35N3O4S. The van der Waals surface area contributed by atoms with Crippen molar-refractivity contribution in [1.29, 1.82) is 0 Å². The first-order valence-electron chi connectivity index (χ1n) is 12.3. The lowest BCUT2D eigenvalue weighted by Gasteiger charge is -2.24. The molecule has 1 aromatic heterocycles. The van der Waals surface area contributed by atoms with Gasteiger partial charge in [-0.3, -0.25) is 9.78 Å². The van der Waals surface area contributed by atoms with Gasteiger partial charge >= 0.3 is 0 Å². The van der Waals surface area contributed by atoms with E-state index >= 15 is 0 Å². The summed E-state index contributed by atoms with van der Waals surface area (Å²) in [5, 5.41) is 7.33. The molecule has 1 aliphatic rings. The van der Waals surface area contributed by atoms with Crippen LogP contribution in [0.5, 0.6) is 5.75 Å². The zero-order valence-electron chi connectivity index (χ0n) is 21.4. The first-order valence-corrected chi connectivity index (χ1v) is 14.4. The van der Waals surface area contributed by atoms with Crippen LogP contribution < -0.4 is 15.4 Å². The summed E-state index contributed by atoms with van der Waals surface area (Å²) in [5.41, 5.74) is 3.68. The summed E-state index contributed by atoms with van der Waals surface area (Å²) in [6, 6.07) is 13.2. The highest BCUT2D eigenvalue weighted by Gasteiger charge is 2.23. The molecule has 0 saturated heterocycles. The Labute approximate surface area is 213 Å². The summed E-state index contributed by atoms with van der Waals surface area (Å²) in [6.45, 7) is 7.75. The quantitative estimate of drug-likeness (QED) is 0.387. The Morgan fingerprint density at radius 1 is 1.14 bits per heavy atom. The molecule has 1 amide bonds. The summed E-state index contributed by atoms with van der Waals surface area (Å²) in [7, 11) is -3.03. The number of aromatic nitrogens is 1. The number of benzene rings is 2. The highest BCUT2D eigenvalue weighted by molar-refractivity contribution is 7.90. The molecule has 1 saturated carbocycles. The van der Waals surface area contributed by atoms with Gasteiger partial charge in [0.15, 0.2) is 0 Å². The molecule has 2 aromatic carbocycles. The summed E-state index contributed by atoms with van der Waals surface area (Å²) in [6.07, 6.45) is 5.56. The van der Waals surface area contributed by atoms with Crippen LogP contribution in [0.4, 0.5) is 5.69 Å². The summed E-state index contributed by atoms with van der Waals surface area (Å²) in [4.78, 5) is 17.5. The van der Waals surface area contributed by atoms with E-state index in [9.17, 15) is 13.2 Å². The van der Waals surface area contributed by atoms with Gasteiger partial charge in [0.2, 0.25) is 0 Å². The van der Waals surface area contributed by atoms with E-state index in [0.29, 0.717) is 24.6 Å². The van der Waals surface area contributed by atoms with E-state index in [0.717, 1.165) is 40.1 Å². The molecular weight excluding hydrogens is 474 g/mol. The summed E-state index contributed by atoms with van der Waals surface area (Å²) in [5.74, 6) is 1.43. The minimum absolute atomic E-state index is 0.134. The number of hydrogen-bond acceptors (Lipinski definition) is 6. The third-order valence-electron chi connectivity index (χ3n) is 6.30. The molecule has 4 rings (SSSR count). The molecule has 3 aromatic rings. The predicted molar refractivity (Wildman–Crippen MR) is 144 cm³/mol. The highest BCUT2D eigenvalue weighted by atomic mass is 32.2. The molecule has 8 heteroatoms. The van der Waals surface area contributed by atoms with Gasteiger partial charge in [-0.25, -0.2) is 8.42 Å². The van der Waals surface area contributed by atoms with Crippen molar-refractivity contribution in [1.82, 2.24) is 10.3 Å². The number of sulfone groups is 1. The van der Waals surface area contributed by atoms with Crippen LogP contribution in [0.1, 0.15) is 48.2 Å². The number of carbonyl (C=O) groups excluding carboxylic acids is 1. The van der Waals surface area contributed by atoms with Crippen LogP contribution in [0.2, 0.25) is 0 Å². The predicted octanol–water partition coefficient (Wildman–Crippen LogP) is 4.74. The number of aryl methyl sites for hydroxylation is 1. The monoisotopic (exact) mass is 509 g/mol. The Kier molecular flexibility index (Phi) is 7.66. The van der Waals surface area contributed by atoms with Crippen molar-refractivity contribution in [2.24, 2.45) is 11.3 Å². The fourth-order valence-electron chi connectivity index (χ4n) is 4.33. The number of pyridine rings is 1. The molecule has 1 heterocycles. The lowest BCUT2D eigenvalue weighted by Crippen LogP contribution is -2.34. The number of ether oxygens (including phenoxy) is 1. The van der Waals surface area contributed by atoms with Gasteiger partial charge < -0.3 is 15.4 Å². The fraction of sp³-hybridized carbons (Fsp3) is 0.429. The molecule has 7 nitrogen and oxygen atoms in total. The number of hydrogen-bond donors (Lipinski definition) is 2. The molecule has 1 fully saturated rings. The third kappa shape index (κ3) is 7.27. The van der Waals surface area contributed by atoms with E-state index in [1.807, 2.05) is 51.2 Å². The van der Waals surface area contributed by atoms with Crippen molar-refractivity contribution in [2.75, 3.05) is 30.5 Å². The van der Waals surface area contributed by atoms with Crippen molar-refractivity contribution >= 4 is 32.3 Å². The van der Waals surface area contributed by atoms with Crippen molar-refractivity contribution in [3.8, 4) is 5.75 Å². The zero-order chi connectivity index (χ0) is 25.9. The van der Waals surface area contributed by atoms with E-state index in [-0.39, 0.29) is 17.1 Å². The van der Waals surface area contributed by atoms with E-state index in [1.54, 1.807) is 12.1 Å². The maximum absolute atomic E-state index is 12.8. The molecule has 0 radical (unpaired) electrons. The second-order valence-corrected chi connectivity index (χ2v) is 12.9. The van der Waals surface area contributed by atoms with E-state index in [2.05, 4.69) is 21.7 Å². The van der Waals surface area contributed by atoms with Crippen LogP contribution in [0, 0.1) is 18.3 Å². The fourth-order valence-corrected chi connectivity index (χ4v) is 5.85. The second kappa shape index (κ2) is 10.6.